The van der Waals surface area contributed by atoms with Gasteiger partial charge < -0.3 is 4.84 Å². The first-order valence-electron chi connectivity index (χ1n) is 7.27. The predicted molar refractivity (Wildman–Crippen MR) is 90.7 cm³/mol. The molecule has 0 aliphatic heterocycles. The van der Waals surface area contributed by atoms with Crippen LogP contribution in [-0.4, -0.2) is 29.7 Å². The molecular formula is C18H18N2O4. The first-order valence-corrected chi connectivity index (χ1v) is 7.27. The van der Waals surface area contributed by atoms with Crippen LogP contribution in [0.3, 0.4) is 0 Å². The Labute approximate surface area is 139 Å². The smallest absolute Gasteiger partial charge is 0.282 e. The summed E-state index contributed by atoms with van der Waals surface area (Å²) in [6.07, 6.45) is 0. The molecule has 1 N–H and O–H groups in total. The molecule has 0 aromatic heterocycles. The maximum Gasteiger partial charge on any atom is 0.282 e. The van der Waals surface area contributed by atoms with Gasteiger partial charge in [0, 0.05) is 11.1 Å². The Bertz CT molecular complexity index is 799. The molecule has 0 fully saturated rings. The molecule has 124 valence electrons. The Morgan fingerprint density at radius 1 is 1.04 bits per heavy atom. The molecule has 0 radical (unpaired) electrons. The Morgan fingerprint density at radius 3 is 2.33 bits per heavy atom. The van der Waals surface area contributed by atoms with Gasteiger partial charge in [0.2, 0.25) is 0 Å². The number of carbonyl (C=O) groups excluding carboxylic acids is 2. The van der Waals surface area contributed by atoms with E-state index in [0.717, 1.165) is 0 Å². The largest absolute Gasteiger partial charge is 0.399 e. The van der Waals surface area contributed by atoms with Crippen molar-refractivity contribution in [3.63, 3.8) is 0 Å². The van der Waals surface area contributed by atoms with Crippen LogP contribution in [0.25, 0.3) is 0 Å². The lowest BCUT2D eigenvalue weighted by Crippen LogP contribution is -2.28. The number of oxime groups is 1. The topological polar surface area (TPSA) is 79.2 Å². The van der Waals surface area contributed by atoms with E-state index in [-0.39, 0.29) is 22.6 Å². The monoisotopic (exact) mass is 326 g/mol. The van der Waals surface area contributed by atoms with Crippen molar-refractivity contribution in [3.8, 4) is 0 Å². The number of Topliss-reactive ketones (excluding diaryl/α,β-unsaturated/α-hetero) is 1. The number of carbonyl (C=O) groups is 2. The maximum absolute atomic E-state index is 12.5. The van der Waals surface area contributed by atoms with Gasteiger partial charge in [-0.2, -0.15) is 5.06 Å². The van der Waals surface area contributed by atoms with Crippen LogP contribution in [-0.2, 0) is 4.84 Å². The lowest BCUT2D eigenvalue weighted by Gasteiger charge is -2.17. The number of hydroxylamine groups is 1. The molecule has 0 heterocycles. The Balaban J connectivity index is 2.37. The zero-order chi connectivity index (χ0) is 17.7. The first kappa shape index (κ1) is 17.4. The molecule has 6 heteroatoms. The van der Waals surface area contributed by atoms with Crippen LogP contribution < -0.4 is 5.06 Å². The van der Waals surface area contributed by atoms with Gasteiger partial charge >= 0.3 is 0 Å². The fourth-order valence-corrected chi connectivity index (χ4v) is 2.26. The van der Waals surface area contributed by atoms with E-state index in [1.165, 1.54) is 20.1 Å². The van der Waals surface area contributed by atoms with Crippen molar-refractivity contribution in [2.24, 2.45) is 5.16 Å². The number of nitrogens with zero attached hydrogens (tertiary/aromatic N) is 2. The van der Waals surface area contributed by atoms with Crippen molar-refractivity contribution in [1.82, 2.24) is 0 Å². The molecule has 24 heavy (non-hydrogen) atoms. The lowest BCUT2D eigenvalue weighted by molar-refractivity contribution is 0.0848. The predicted octanol–water partition coefficient (Wildman–Crippen LogP) is 3.30. The van der Waals surface area contributed by atoms with Crippen molar-refractivity contribution < 1.29 is 19.6 Å². The summed E-state index contributed by atoms with van der Waals surface area (Å²) >= 11 is 0. The number of hydrogen-bond acceptors (Lipinski definition) is 5. The molecule has 2 aromatic rings. The van der Waals surface area contributed by atoms with Gasteiger partial charge in [-0.15, -0.1) is 0 Å². The highest BCUT2D eigenvalue weighted by Gasteiger charge is 2.20. The first-order chi connectivity index (χ1) is 11.5. The summed E-state index contributed by atoms with van der Waals surface area (Å²) in [6.45, 7) is 3.12. The van der Waals surface area contributed by atoms with Crippen LogP contribution in [0, 0.1) is 0 Å². The molecule has 0 aliphatic carbocycles. The minimum Gasteiger partial charge on any atom is -0.399 e. The molecule has 0 aliphatic rings. The average molecular weight is 326 g/mol. The third kappa shape index (κ3) is 3.67. The van der Waals surface area contributed by atoms with E-state index in [4.69, 9.17) is 4.84 Å². The highest BCUT2D eigenvalue weighted by molar-refractivity contribution is 6.12. The average Bonchev–Trinajstić information content (AvgIpc) is 2.60. The van der Waals surface area contributed by atoms with Gasteiger partial charge in [-0.1, -0.05) is 35.5 Å². The Hall–Kier alpha value is -2.99. The number of anilines is 1. The van der Waals surface area contributed by atoms with Gasteiger partial charge in [-0.05, 0) is 32.0 Å². The highest BCUT2D eigenvalue weighted by atomic mass is 16.6. The van der Waals surface area contributed by atoms with Crippen molar-refractivity contribution in [3.05, 3.63) is 65.2 Å². The Kier molecular flexibility index (Phi) is 5.44. The zero-order valence-electron chi connectivity index (χ0n) is 13.7. The van der Waals surface area contributed by atoms with Gasteiger partial charge in [0.1, 0.15) is 7.11 Å². The van der Waals surface area contributed by atoms with Crippen LogP contribution in [0.1, 0.15) is 40.1 Å². The molecule has 0 saturated heterocycles. The van der Waals surface area contributed by atoms with Crippen LogP contribution in [0.2, 0.25) is 0 Å². The Morgan fingerprint density at radius 2 is 1.71 bits per heavy atom. The third-order valence-corrected chi connectivity index (χ3v) is 3.47. The van der Waals surface area contributed by atoms with Crippen molar-refractivity contribution in [2.75, 3.05) is 12.2 Å². The molecule has 2 aromatic carbocycles. The second-order valence-corrected chi connectivity index (χ2v) is 5.13. The molecule has 0 saturated carbocycles. The van der Waals surface area contributed by atoms with E-state index < -0.39 is 5.91 Å². The number of amides is 1. The maximum atomic E-state index is 12.5. The highest BCUT2D eigenvalue weighted by Crippen LogP contribution is 2.20. The second-order valence-electron chi connectivity index (χ2n) is 5.13. The standard InChI is InChI=1S/C18H18N2O4/c1-12(19-24-3)14-7-6-8-15(11-14)20(23)18(22)17-10-5-4-9-16(17)13(2)21/h4-11,23H,1-3H3/b19-12+. The molecule has 1 amide bonds. The molecule has 0 bridgehead atoms. The SMILES string of the molecule is CO/N=C(\C)c1cccc(N(O)C(=O)c2ccccc2C(C)=O)c1. The molecule has 6 nitrogen and oxygen atoms in total. The van der Waals surface area contributed by atoms with E-state index in [0.29, 0.717) is 16.3 Å². The van der Waals surface area contributed by atoms with Crippen molar-refractivity contribution >= 4 is 23.1 Å². The van der Waals surface area contributed by atoms with E-state index in [1.807, 2.05) is 0 Å². The summed E-state index contributed by atoms with van der Waals surface area (Å²) in [5.74, 6) is -0.927. The van der Waals surface area contributed by atoms with Gasteiger partial charge in [-0.3, -0.25) is 14.8 Å². The van der Waals surface area contributed by atoms with Gasteiger partial charge in [-0.25, -0.2) is 0 Å². The quantitative estimate of drug-likeness (QED) is 0.396. The number of ketones is 1. The van der Waals surface area contributed by atoms with E-state index in [9.17, 15) is 14.8 Å². The van der Waals surface area contributed by atoms with E-state index >= 15 is 0 Å². The summed E-state index contributed by atoms with van der Waals surface area (Å²) < 4.78 is 0. The second kappa shape index (κ2) is 7.52. The van der Waals surface area contributed by atoms with Crippen LogP contribution in [0.15, 0.2) is 53.7 Å². The van der Waals surface area contributed by atoms with E-state index in [2.05, 4.69) is 5.16 Å². The van der Waals surface area contributed by atoms with Gasteiger partial charge in [0.25, 0.3) is 5.91 Å². The summed E-state index contributed by atoms with van der Waals surface area (Å²) in [5.41, 5.74) is 1.96. The number of hydrogen-bond donors (Lipinski definition) is 1. The molecular weight excluding hydrogens is 308 g/mol. The summed E-state index contributed by atoms with van der Waals surface area (Å²) in [4.78, 5) is 28.9. The van der Waals surface area contributed by atoms with Gasteiger partial charge in [0.05, 0.1) is 17.0 Å². The molecule has 0 atom stereocenters. The summed E-state index contributed by atoms with van der Waals surface area (Å²) in [5, 5.41) is 14.6. The van der Waals surface area contributed by atoms with Gasteiger partial charge in [0.15, 0.2) is 5.78 Å². The van der Waals surface area contributed by atoms with Crippen molar-refractivity contribution in [2.45, 2.75) is 13.8 Å². The number of rotatable bonds is 5. The molecule has 2 rings (SSSR count). The summed E-state index contributed by atoms with van der Waals surface area (Å²) in [6, 6.07) is 13.0. The van der Waals surface area contributed by atoms with Crippen LogP contribution in [0.5, 0.6) is 0 Å². The minimum absolute atomic E-state index is 0.139. The summed E-state index contributed by atoms with van der Waals surface area (Å²) in [7, 11) is 1.44. The lowest BCUT2D eigenvalue weighted by atomic mass is 10.0. The van der Waals surface area contributed by atoms with Crippen LogP contribution >= 0.6 is 0 Å². The fraction of sp³-hybridized carbons (Fsp3) is 0.167. The normalized spacial score (nSPS) is 11.1. The van der Waals surface area contributed by atoms with E-state index in [1.54, 1.807) is 49.4 Å². The van der Waals surface area contributed by atoms with Crippen LogP contribution in [0.4, 0.5) is 5.69 Å². The molecule has 0 unspecified atom stereocenters. The number of benzene rings is 2. The molecule has 0 spiro atoms. The minimum atomic E-state index is -0.681. The third-order valence-electron chi connectivity index (χ3n) is 3.47. The zero-order valence-corrected chi connectivity index (χ0v) is 13.7. The van der Waals surface area contributed by atoms with Crippen molar-refractivity contribution in [1.29, 1.82) is 0 Å². The fourth-order valence-electron chi connectivity index (χ4n) is 2.26.